The van der Waals surface area contributed by atoms with Gasteiger partial charge in [-0.2, -0.15) is 0 Å². The van der Waals surface area contributed by atoms with Gasteiger partial charge in [0.15, 0.2) is 11.5 Å². The van der Waals surface area contributed by atoms with E-state index in [-0.39, 0.29) is 5.54 Å². The van der Waals surface area contributed by atoms with Crippen molar-refractivity contribution in [3.05, 3.63) is 29.7 Å². The molecule has 1 fully saturated rings. The van der Waals surface area contributed by atoms with Gasteiger partial charge in [0.2, 0.25) is 0 Å². The third-order valence-corrected chi connectivity index (χ3v) is 3.39. The average Bonchev–Trinajstić information content (AvgIpc) is 2.86. The predicted molar refractivity (Wildman–Crippen MR) is 63.2 cm³/mol. The third kappa shape index (κ3) is 1.71. The van der Waals surface area contributed by atoms with Crippen LogP contribution in [0.5, 0.6) is 0 Å². The number of nitrogens with zero attached hydrogens (tertiary/aromatic N) is 1. The summed E-state index contributed by atoms with van der Waals surface area (Å²) >= 11 is 0. The normalized spacial score (nSPS) is 17.9. The van der Waals surface area contributed by atoms with Crippen molar-refractivity contribution in [1.82, 2.24) is 4.98 Å². The number of hydrogen-bond donors (Lipinski definition) is 1. The van der Waals surface area contributed by atoms with Gasteiger partial charge in [-0.25, -0.2) is 4.98 Å². The predicted octanol–water partition coefficient (Wildman–Crippen LogP) is 2.56. The topological polar surface area (TPSA) is 52.0 Å². The van der Waals surface area contributed by atoms with Gasteiger partial charge in [0.25, 0.3) is 0 Å². The first-order valence-corrected chi connectivity index (χ1v) is 5.80. The number of rotatable bonds is 3. The number of fused-ring (bicyclic) bond motifs is 1. The van der Waals surface area contributed by atoms with E-state index in [4.69, 9.17) is 10.2 Å². The minimum Gasteiger partial charge on any atom is -0.441 e. The fourth-order valence-corrected chi connectivity index (χ4v) is 2.11. The molecule has 2 N–H and O–H groups in total. The van der Waals surface area contributed by atoms with Crippen LogP contribution in [0.1, 0.15) is 30.7 Å². The van der Waals surface area contributed by atoms with Gasteiger partial charge in [0.05, 0.1) is 0 Å². The number of para-hydroxylation sites is 1. The average molecular weight is 216 g/mol. The Kier molecular flexibility index (Phi) is 2.04. The van der Waals surface area contributed by atoms with E-state index >= 15 is 0 Å². The quantitative estimate of drug-likeness (QED) is 0.857. The zero-order valence-corrected chi connectivity index (χ0v) is 9.49. The highest BCUT2D eigenvalue weighted by Gasteiger charge is 2.37. The second-order valence-corrected chi connectivity index (χ2v) is 4.86. The molecule has 2 aromatic rings. The first-order chi connectivity index (χ1) is 7.66. The summed E-state index contributed by atoms with van der Waals surface area (Å²) in [5.74, 6) is 0.733. The smallest absolute Gasteiger partial charge is 0.192 e. The van der Waals surface area contributed by atoms with Crippen LogP contribution in [0.25, 0.3) is 11.1 Å². The standard InChI is InChI=1S/C13H16N2O/c1-9-15-12-10(3-2-4-11(12)16-9)5-6-13(14)7-8-13/h2-4H,5-8,14H2,1H3. The first-order valence-electron chi connectivity index (χ1n) is 5.80. The molecule has 0 saturated heterocycles. The Hall–Kier alpha value is -1.35. The van der Waals surface area contributed by atoms with Crippen molar-refractivity contribution in [3.63, 3.8) is 0 Å². The van der Waals surface area contributed by atoms with Crippen molar-refractivity contribution in [3.8, 4) is 0 Å². The number of oxazole rings is 1. The van der Waals surface area contributed by atoms with E-state index in [0.29, 0.717) is 0 Å². The summed E-state index contributed by atoms with van der Waals surface area (Å²) < 4.78 is 5.51. The minimum absolute atomic E-state index is 0.112. The summed E-state index contributed by atoms with van der Waals surface area (Å²) in [5, 5.41) is 0. The molecule has 3 rings (SSSR count). The van der Waals surface area contributed by atoms with Crippen LogP contribution in [-0.4, -0.2) is 10.5 Å². The van der Waals surface area contributed by atoms with Crippen LogP contribution in [-0.2, 0) is 6.42 Å². The molecule has 0 unspecified atom stereocenters. The largest absolute Gasteiger partial charge is 0.441 e. The lowest BCUT2D eigenvalue weighted by Gasteiger charge is -2.07. The van der Waals surface area contributed by atoms with Gasteiger partial charge in [0.1, 0.15) is 5.52 Å². The Bertz CT molecular complexity index is 526. The molecule has 3 nitrogen and oxygen atoms in total. The van der Waals surface area contributed by atoms with Crippen LogP contribution in [0.3, 0.4) is 0 Å². The Morgan fingerprint density at radius 2 is 2.25 bits per heavy atom. The maximum absolute atomic E-state index is 6.10. The summed E-state index contributed by atoms with van der Waals surface area (Å²) in [5.41, 5.74) is 9.36. The molecule has 0 radical (unpaired) electrons. The first kappa shape index (κ1) is 9.85. The van der Waals surface area contributed by atoms with Crippen LogP contribution in [0.2, 0.25) is 0 Å². The van der Waals surface area contributed by atoms with E-state index in [0.717, 1.165) is 29.8 Å². The molecule has 84 valence electrons. The van der Waals surface area contributed by atoms with Crippen molar-refractivity contribution in [2.24, 2.45) is 5.73 Å². The summed E-state index contributed by atoms with van der Waals surface area (Å²) in [6.07, 6.45) is 4.39. The van der Waals surface area contributed by atoms with Gasteiger partial charge in [-0.05, 0) is 37.3 Å². The van der Waals surface area contributed by atoms with Gasteiger partial charge in [-0.1, -0.05) is 12.1 Å². The van der Waals surface area contributed by atoms with Crippen molar-refractivity contribution in [2.45, 2.75) is 38.1 Å². The lowest BCUT2D eigenvalue weighted by atomic mass is 10.0. The van der Waals surface area contributed by atoms with Gasteiger partial charge < -0.3 is 10.2 Å². The van der Waals surface area contributed by atoms with E-state index in [2.05, 4.69) is 11.1 Å². The molecule has 1 saturated carbocycles. The Morgan fingerprint density at radius 1 is 1.44 bits per heavy atom. The van der Waals surface area contributed by atoms with E-state index in [1.807, 2.05) is 19.1 Å². The molecule has 0 spiro atoms. The van der Waals surface area contributed by atoms with Crippen LogP contribution >= 0.6 is 0 Å². The third-order valence-electron chi connectivity index (χ3n) is 3.39. The molecule has 1 aliphatic carbocycles. The molecule has 3 heteroatoms. The SMILES string of the molecule is Cc1nc2c(CCC3(N)CC3)cccc2o1. The number of benzene rings is 1. The molecule has 1 heterocycles. The molecule has 0 amide bonds. The van der Waals surface area contributed by atoms with Gasteiger partial charge >= 0.3 is 0 Å². The summed E-state index contributed by atoms with van der Waals surface area (Å²) in [6, 6.07) is 6.11. The van der Waals surface area contributed by atoms with Crippen LogP contribution < -0.4 is 5.73 Å². The monoisotopic (exact) mass is 216 g/mol. The van der Waals surface area contributed by atoms with Crippen molar-refractivity contribution < 1.29 is 4.42 Å². The zero-order valence-electron chi connectivity index (χ0n) is 9.49. The van der Waals surface area contributed by atoms with Gasteiger partial charge in [0, 0.05) is 12.5 Å². The van der Waals surface area contributed by atoms with E-state index in [1.165, 1.54) is 18.4 Å². The summed E-state index contributed by atoms with van der Waals surface area (Å²) in [4.78, 5) is 4.43. The molecule has 0 bridgehead atoms. The molecule has 1 aromatic heterocycles. The summed E-state index contributed by atoms with van der Waals surface area (Å²) in [6.45, 7) is 1.88. The van der Waals surface area contributed by atoms with E-state index < -0.39 is 0 Å². The minimum atomic E-state index is 0.112. The lowest BCUT2D eigenvalue weighted by molar-refractivity contribution is 0.561. The highest BCUT2D eigenvalue weighted by molar-refractivity contribution is 5.76. The lowest BCUT2D eigenvalue weighted by Crippen LogP contribution is -2.22. The van der Waals surface area contributed by atoms with E-state index in [9.17, 15) is 0 Å². The molecule has 0 atom stereocenters. The second kappa shape index (κ2) is 3.32. The van der Waals surface area contributed by atoms with Crippen LogP contribution in [0.4, 0.5) is 0 Å². The molecular formula is C13H16N2O. The Morgan fingerprint density at radius 3 is 3.00 bits per heavy atom. The molecule has 1 aromatic carbocycles. The fraction of sp³-hybridized carbons (Fsp3) is 0.462. The number of aromatic nitrogens is 1. The number of nitrogens with two attached hydrogens (primary N) is 1. The van der Waals surface area contributed by atoms with E-state index in [1.54, 1.807) is 0 Å². The number of hydrogen-bond acceptors (Lipinski definition) is 3. The van der Waals surface area contributed by atoms with Crippen molar-refractivity contribution >= 4 is 11.1 Å². The highest BCUT2D eigenvalue weighted by Crippen LogP contribution is 2.37. The molecule has 1 aliphatic rings. The number of aryl methyl sites for hydroxylation is 2. The van der Waals surface area contributed by atoms with Crippen LogP contribution in [0, 0.1) is 6.92 Å². The maximum Gasteiger partial charge on any atom is 0.192 e. The molecular weight excluding hydrogens is 200 g/mol. The molecule has 16 heavy (non-hydrogen) atoms. The van der Waals surface area contributed by atoms with Gasteiger partial charge in [-0.15, -0.1) is 0 Å². The van der Waals surface area contributed by atoms with Crippen molar-refractivity contribution in [1.29, 1.82) is 0 Å². The van der Waals surface area contributed by atoms with Crippen molar-refractivity contribution in [2.75, 3.05) is 0 Å². The van der Waals surface area contributed by atoms with Gasteiger partial charge in [-0.3, -0.25) is 0 Å². The summed E-state index contributed by atoms with van der Waals surface area (Å²) in [7, 11) is 0. The van der Waals surface area contributed by atoms with Crippen LogP contribution in [0.15, 0.2) is 22.6 Å². The molecule has 0 aliphatic heterocycles. The Labute approximate surface area is 94.7 Å². The highest BCUT2D eigenvalue weighted by atomic mass is 16.3. The maximum atomic E-state index is 6.10. The second-order valence-electron chi connectivity index (χ2n) is 4.86. The fourth-order valence-electron chi connectivity index (χ4n) is 2.11. The zero-order chi connectivity index (χ0) is 11.2. The Balaban J connectivity index is 1.90.